The van der Waals surface area contributed by atoms with Crippen molar-refractivity contribution in [3.8, 4) is 22.9 Å². The maximum Gasteiger partial charge on any atom is 0.248 e. The molecular weight excluding hydrogens is 262 g/mol. The fourth-order valence-corrected chi connectivity index (χ4v) is 2.25. The Morgan fingerprint density at radius 1 is 0.810 bits per heavy atom. The van der Waals surface area contributed by atoms with Crippen LogP contribution in [0.3, 0.4) is 0 Å². The highest BCUT2D eigenvalue weighted by Gasteiger charge is 2.12. The molecule has 0 amide bonds. The average molecular weight is 279 g/mol. The van der Waals surface area contributed by atoms with Gasteiger partial charge in [-0.1, -0.05) is 17.7 Å². The Bertz CT molecular complexity index is 765. The van der Waals surface area contributed by atoms with Crippen LogP contribution in [-0.4, -0.2) is 10.2 Å². The fourth-order valence-electron chi connectivity index (χ4n) is 2.25. The van der Waals surface area contributed by atoms with Gasteiger partial charge in [-0.05, 0) is 56.2 Å². The van der Waals surface area contributed by atoms with E-state index in [9.17, 15) is 0 Å². The highest BCUT2D eigenvalue weighted by Crippen LogP contribution is 2.28. The van der Waals surface area contributed by atoms with Gasteiger partial charge in [-0.15, -0.1) is 10.2 Å². The number of nitrogens with two attached hydrogens (primary N) is 1. The second-order valence-corrected chi connectivity index (χ2v) is 5.30. The molecule has 3 rings (SSSR count). The van der Waals surface area contributed by atoms with Gasteiger partial charge >= 0.3 is 0 Å². The van der Waals surface area contributed by atoms with E-state index in [1.54, 1.807) is 0 Å². The summed E-state index contributed by atoms with van der Waals surface area (Å²) in [4.78, 5) is 0. The highest BCUT2D eigenvalue weighted by atomic mass is 16.4. The number of aromatic nitrogens is 2. The van der Waals surface area contributed by atoms with Crippen molar-refractivity contribution in [2.75, 3.05) is 5.73 Å². The predicted octanol–water partition coefficient (Wildman–Crippen LogP) is 3.91. The Kier molecular flexibility index (Phi) is 3.22. The van der Waals surface area contributed by atoms with E-state index in [1.807, 2.05) is 57.2 Å². The summed E-state index contributed by atoms with van der Waals surface area (Å²) in [6.45, 7) is 6.00. The van der Waals surface area contributed by atoms with Crippen molar-refractivity contribution in [2.45, 2.75) is 20.8 Å². The third kappa shape index (κ3) is 2.52. The van der Waals surface area contributed by atoms with Crippen LogP contribution in [0.25, 0.3) is 22.9 Å². The van der Waals surface area contributed by atoms with Crippen LogP contribution < -0.4 is 5.73 Å². The first kappa shape index (κ1) is 13.4. The zero-order valence-corrected chi connectivity index (χ0v) is 12.3. The maximum absolute atomic E-state index is 5.97. The summed E-state index contributed by atoms with van der Waals surface area (Å²) >= 11 is 0. The summed E-state index contributed by atoms with van der Waals surface area (Å²) in [6, 6.07) is 11.9. The van der Waals surface area contributed by atoms with Gasteiger partial charge in [0.25, 0.3) is 0 Å². The third-order valence-corrected chi connectivity index (χ3v) is 3.56. The molecule has 106 valence electrons. The topological polar surface area (TPSA) is 64.9 Å². The van der Waals surface area contributed by atoms with E-state index in [1.165, 1.54) is 5.56 Å². The van der Waals surface area contributed by atoms with Crippen molar-refractivity contribution in [3.05, 3.63) is 53.1 Å². The Hall–Kier alpha value is -2.62. The molecule has 1 aromatic heterocycles. The van der Waals surface area contributed by atoms with Gasteiger partial charge in [-0.25, -0.2) is 0 Å². The molecule has 0 aliphatic heterocycles. The molecule has 0 saturated carbocycles. The van der Waals surface area contributed by atoms with E-state index in [0.29, 0.717) is 11.8 Å². The number of benzene rings is 2. The molecule has 0 atom stereocenters. The normalized spacial score (nSPS) is 10.8. The first-order valence-electron chi connectivity index (χ1n) is 6.82. The van der Waals surface area contributed by atoms with Crippen molar-refractivity contribution in [3.63, 3.8) is 0 Å². The number of anilines is 1. The SMILES string of the molecule is Cc1ccc(-c2nnc(-c3cc(C)c(N)c(C)c3)o2)cc1. The summed E-state index contributed by atoms with van der Waals surface area (Å²) in [7, 11) is 0. The summed E-state index contributed by atoms with van der Waals surface area (Å²) in [6.07, 6.45) is 0. The Morgan fingerprint density at radius 3 is 1.90 bits per heavy atom. The minimum absolute atomic E-state index is 0.511. The molecule has 4 heteroatoms. The minimum Gasteiger partial charge on any atom is -0.416 e. The average Bonchev–Trinajstić information content (AvgIpc) is 2.95. The Balaban J connectivity index is 2.00. The predicted molar refractivity (Wildman–Crippen MR) is 83.8 cm³/mol. The van der Waals surface area contributed by atoms with Crippen LogP contribution >= 0.6 is 0 Å². The van der Waals surface area contributed by atoms with E-state index in [-0.39, 0.29) is 0 Å². The van der Waals surface area contributed by atoms with Gasteiger partial charge < -0.3 is 10.2 Å². The molecule has 2 aromatic carbocycles. The zero-order chi connectivity index (χ0) is 15.0. The van der Waals surface area contributed by atoms with Crippen LogP contribution in [0.2, 0.25) is 0 Å². The number of hydrogen-bond donors (Lipinski definition) is 1. The molecule has 0 saturated heterocycles. The second-order valence-electron chi connectivity index (χ2n) is 5.30. The molecule has 4 nitrogen and oxygen atoms in total. The van der Waals surface area contributed by atoms with Crippen LogP contribution in [0.15, 0.2) is 40.8 Å². The summed E-state index contributed by atoms with van der Waals surface area (Å²) in [5.74, 6) is 1.04. The fraction of sp³-hybridized carbons (Fsp3) is 0.176. The molecule has 3 aromatic rings. The molecule has 1 heterocycles. The van der Waals surface area contributed by atoms with Crippen molar-refractivity contribution in [1.82, 2.24) is 10.2 Å². The van der Waals surface area contributed by atoms with Gasteiger partial charge in [-0.3, -0.25) is 0 Å². The lowest BCUT2D eigenvalue weighted by molar-refractivity contribution is 0.584. The van der Waals surface area contributed by atoms with Crippen LogP contribution in [-0.2, 0) is 0 Å². The number of hydrogen-bond acceptors (Lipinski definition) is 4. The Morgan fingerprint density at radius 2 is 1.33 bits per heavy atom. The van der Waals surface area contributed by atoms with Gasteiger partial charge in [0.1, 0.15) is 0 Å². The van der Waals surface area contributed by atoms with Crippen LogP contribution in [0, 0.1) is 20.8 Å². The van der Waals surface area contributed by atoms with Crippen LogP contribution in [0.5, 0.6) is 0 Å². The molecule has 0 fully saturated rings. The number of aryl methyl sites for hydroxylation is 3. The molecule has 0 spiro atoms. The zero-order valence-electron chi connectivity index (χ0n) is 12.3. The summed E-state index contributed by atoms with van der Waals surface area (Å²) in [5.41, 5.74) is 11.8. The number of rotatable bonds is 2. The lowest BCUT2D eigenvalue weighted by Gasteiger charge is -2.05. The van der Waals surface area contributed by atoms with Gasteiger partial charge in [0, 0.05) is 16.8 Å². The third-order valence-electron chi connectivity index (χ3n) is 3.56. The number of nitrogen functional groups attached to an aromatic ring is 1. The minimum atomic E-state index is 0.511. The largest absolute Gasteiger partial charge is 0.416 e. The lowest BCUT2D eigenvalue weighted by atomic mass is 10.0. The highest BCUT2D eigenvalue weighted by molar-refractivity contribution is 5.65. The van der Waals surface area contributed by atoms with Crippen LogP contribution in [0.1, 0.15) is 16.7 Å². The van der Waals surface area contributed by atoms with E-state index < -0.39 is 0 Å². The monoisotopic (exact) mass is 279 g/mol. The number of nitrogens with zero attached hydrogens (tertiary/aromatic N) is 2. The molecule has 0 unspecified atom stereocenters. The summed E-state index contributed by atoms with van der Waals surface area (Å²) in [5, 5.41) is 8.27. The molecule has 0 bridgehead atoms. The van der Waals surface area contributed by atoms with Crippen molar-refractivity contribution >= 4 is 5.69 Å². The lowest BCUT2D eigenvalue weighted by Crippen LogP contribution is -1.94. The molecule has 21 heavy (non-hydrogen) atoms. The van der Waals surface area contributed by atoms with E-state index in [4.69, 9.17) is 10.2 Å². The van der Waals surface area contributed by atoms with Gasteiger partial charge in [0.15, 0.2) is 0 Å². The molecular formula is C17H17N3O. The maximum atomic E-state index is 5.97. The van der Waals surface area contributed by atoms with Crippen molar-refractivity contribution in [1.29, 1.82) is 0 Å². The van der Waals surface area contributed by atoms with E-state index in [2.05, 4.69) is 10.2 Å². The molecule has 0 aliphatic rings. The first-order chi connectivity index (χ1) is 10.0. The van der Waals surface area contributed by atoms with Crippen molar-refractivity contribution in [2.24, 2.45) is 0 Å². The van der Waals surface area contributed by atoms with Gasteiger partial charge in [0.2, 0.25) is 11.8 Å². The second kappa shape index (κ2) is 5.05. The smallest absolute Gasteiger partial charge is 0.248 e. The Labute approximate surface area is 123 Å². The molecule has 2 N–H and O–H groups in total. The first-order valence-corrected chi connectivity index (χ1v) is 6.82. The summed E-state index contributed by atoms with van der Waals surface area (Å²) < 4.78 is 5.78. The van der Waals surface area contributed by atoms with E-state index >= 15 is 0 Å². The molecule has 0 radical (unpaired) electrons. The molecule has 0 aliphatic carbocycles. The van der Waals surface area contributed by atoms with Crippen LogP contribution in [0.4, 0.5) is 5.69 Å². The standard InChI is InChI=1S/C17H17N3O/c1-10-4-6-13(7-5-10)16-19-20-17(21-16)14-8-11(2)15(18)12(3)9-14/h4-9H,18H2,1-3H3. The quantitative estimate of drug-likeness (QED) is 0.722. The van der Waals surface area contributed by atoms with Crippen molar-refractivity contribution < 1.29 is 4.42 Å². The van der Waals surface area contributed by atoms with Gasteiger partial charge in [-0.2, -0.15) is 0 Å². The van der Waals surface area contributed by atoms with Gasteiger partial charge in [0.05, 0.1) is 0 Å². The van der Waals surface area contributed by atoms with E-state index in [0.717, 1.165) is 27.9 Å².